The molecule has 0 bridgehead atoms. The number of aromatic nitrogens is 2. The normalized spacial score (nSPS) is 24.6. The van der Waals surface area contributed by atoms with Crippen molar-refractivity contribution in [2.45, 2.75) is 57.7 Å². The number of hydrogen-bond donors (Lipinski definition) is 1. The van der Waals surface area contributed by atoms with Crippen LogP contribution in [-0.2, 0) is 9.31 Å². The summed E-state index contributed by atoms with van der Waals surface area (Å²) in [6.07, 6.45) is 3.14. The van der Waals surface area contributed by atoms with Gasteiger partial charge in [0.15, 0.2) is 0 Å². The molecule has 2 aliphatic rings. The molecule has 0 unspecified atom stereocenters. The highest BCUT2D eigenvalue weighted by molar-refractivity contribution is 9.10. The number of pyridine rings is 1. The first-order valence-electron chi connectivity index (χ1n) is 8.53. The number of H-pyrrole nitrogens is 1. The van der Waals surface area contributed by atoms with E-state index in [1.165, 1.54) is 0 Å². The Bertz CT molecular complexity index is 853. The first-order valence-corrected chi connectivity index (χ1v) is 9.33. The Morgan fingerprint density at radius 1 is 1.24 bits per heavy atom. The molecule has 2 aromatic rings. The van der Waals surface area contributed by atoms with Gasteiger partial charge in [0.1, 0.15) is 11.4 Å². The van der Waals surface area contributed by atoms with Gasteiger partial charge in [-0.15, -0.1) is 0 Å². The van der Waals surface area contributed by atoms with Crippen LogP contribution in [0.1, 0.15) is 52.1 Å². The van der Waals surface area contributed by atoms with Gasteiger partial charge in [-0.05, 0) is 74.2 Å². The summed E-state index contributed by atoms with van der Waals surface area (Å²) in [5, 5.41) is 1.06. The van der Waals surface area contributed by atoms with E-state index in [0.717, 1.165) is 26.8 Å². The van der Waals surface area contributed by atoms with Crippen molar-refractivity contribution in [3.8, 4) is 0 Å². The molecule has 1 aliphatic carbocycles. The van der Waals surface area contributed by atoms with Gasteiger partial charge in [-0.25, -0.2) is 9.37 Å². The topological polar surface area (TPSA) is 47.1 Å². The second-order valence-electron chi connectivity index (χ2n) is 7.96. The van der Waals surface area contributed by atoms with Crippen molar-refractivity contribution >= 4 is 34.1 Å². The number of aromatic amines is 1. The molecule has 1 aliphatic heterocycles. The van der Waals surface area contributed by atoms with E-state index in [4.69, 9.17) is 9.31 Å². The second-order valence-corrected chi connectivity index (χ2v) is 8.88. The van der Waals surface area contributed by atoms with Gasteiger partial charge < -0.3 is 14.3 Å². The second kappa shape index (κ2) is 5.66. The molecule has 3 heterocycles. The van der Waals surface area contributed by atoms with Crippen molar-refractivity contribution in [1.29, 1.82) is 0 Å². The summed E-state index contributed by atoms with van der Waals surface area (Å²) >= 11 is 3.43. The number of rotatable bonds is 2. The van der Waals surface area contributed by atoms with Crippen LogP contribution in [0.25, 0.3) is 11.0 Å². The maximum atomic E-state index is 14.8. The summed E-state index contributed by atoms with van der Waals surface area (Å²) in [5.74, 6) is 0.288. The van der Waals surface area contributed by atoms with E-state index in [2.05, 4.69) is 32.0 Å². The molecule has 25 heavy (non-hydrogen) atoms. The molecule has 1 saturated heterocycles. The zero-order chi connectivity index (χ0) is 18.0. The molecule has 4 rings (SSSR count). The molecule has 2 fully saturated rings. The van der Waals surface area contributed by atoms with E-state index in [0.29, 0.717) is 12.8 Å². The van der Waals surface area contributed by atoms with Crippen LogP contribution in [0.4, 0.5) is 4.39 Å². The molecule has 2 aromatic heterocycles. The average molecular weight is 407 g/mol. The summed E-state index contributed by atoms with van der Waals surface area (Å²) in [6.45, 7) is 7.74. The molecular formula is C18H21BBrFN2O2. The van der Waals surface area contributed by atoms with Gasteiger partial charge in [0.2, 0.25) is 0 Å². The monoisotopic (exact) mass is 406 g/mol. The van der Waals surface area contributed by atoms with Gasteiger partial charge in [-0.1, -0.05) is 0 Å². The van der Waals surface area contributed by atoms with Crippen LogP contribution < -0.4 is 0 Å². The van der Waals surface area contributed by atoms with Crippen molar-refractivity contribution in [3.05, 3.63) is 39.8 Å². The van der Waals surface area contributed by atoms with E-state index in [1.807, 2.05) is 33.8 Å². The van der Waals surface area contributed by atoms with Crippen molar-refractivity contribution < 1.29 is 13.7 Å². The van der Waals surface area contributed by atoms with Crippen molar-refractivity contribution in [2.24, 2.45) is 0 Å². The van der Waals surface area contributed by atoms with Gasteiger partial charge in [-0.3, -0.25) is 0 Å². The Morgan fingerprint density at radius 3 is 2.52 bits per heavy atom. The number of nitrogens with zero attached hydrogens (tertiary/aromatic N) is 1. The van der Waals surface area contributed by atoms with E-state index in [9.17, 15) is 4.39 Å². The van der Waals surface area contributed by atoms with Crippen LogP contribution in [0.15, 0.2) is 34.1 Å². The van der Waals surface area contributed by atoms with Crippen LogP contribution in [0.2, 0.25) is 0 Å². The molecule has 7 heteroatoms. The van der Waals surface area contributed by atoms with E-state index in [1.54, 1.807) is 6.20 Å². The minimum absolute atomic E-state index is 0.258. The van der Waals surface area contributed by atoms with E-state index >= 15 is 0 Å². The maximum Gasteiger partial charge on any atom is 0.525 e. The fraction of sp³-hybridized carbons (Fsp3) is 0.500. The van der Waals surface area contributed by atoms with E-state index < -0.39 is 18.3 Å². The Balaban J connectivity index is 1.49. The molecular weight excluding hydrogens is 386 g/mol. The van der Waals surface area contributed by atoms with Crippen LogP contribution in [0.3, 0.4) is 0 Å². The third-order valence-electron chi connectivity index (χ3n) is 5.68. The lowest BCUT2D eigenvalue weighted by Gasteiger charge is -2.32. The Labute approximate surface area is 155 Å². The largest absolute Gasteiger partial charge is 0.525 e. The molecule has 0 amide bonds. The van der Waals surface area contributed by atoms with E-state index in [-0.39, 0.29) is 11.6 Å². The molecule has 1 N–H and O–H groups in total. The third-order valence-corrected chi connectivity index (χ3v) is 6.11. The molecule has 0 radical (unpaired) electrons. The highest BCUT2D eigenvalue weighted by Gasteiger charge is 2.54. The standard InChI is InChI=1S/C18H21BBrFN2O2/c1-17(2)18(3,4)25-19(24-17)15(21)11-5-10(6-11)14-8-12-7-13(20)9-22-16(12)23-14/h7-10H,5-6H2,1-4H3,(H,22,23). The van der Waals surface area contributed by atoms with Gasteiger partial charge in [-0.2, -0.15) is 0 Å². The molecule has 4 nitrogen and oxygen atoms in total. The predicted molar refractivity (Wildman–Crippen MR) is 100.0 cm³/mol. The molecule has 1 saturated carbocycles. The minimum Gasteiger partial charge on any atom is -0.398 e. The number of fused-ring (bicyclic) bond motifs is 1. The summed E-state index contributed by atoms with van der Waals surface area (Å²) in [7, 11) is -0.888. The first-order chi connectivity index (χ1) is 11.7. The summed E-state index contributed by atoms with van der Waals surface area (Å²) in [4.78, 5) is 7.70. The Kier molecular flexibility index (Phi) is 3.91. The quantitative estimate of drug-likeness (QED) is 0.709. The van der Waals surface area contributed by atoms with Crippen molar-refractivity contribution in [3.63, 3.8) is 0 Å². The number of halogens is 2. The van der Waals surface area contributed by atoms with Crippen LogP contribution in [0.5, 0.6) is 0 Å². The highest BCUT2D eigenvalue weighted by Crippen LogP contribution is 2.46. The van der Waals surface area contributed by atoms with Crippen LogP contribution >= 0.6 is 15.9 Å². The summed E-state index contributed by atoms with van der Waals surface area (Å²) in [6, 6.07) is 4.13. The fourth-order valence-electron chi connectivity index (χ4n) is 3.29. The summed E-state index contributed by atoms with van der Waals surface area (Å²) in [5.41, 5.74) is 1.46. The van der Waals surface area contributed by atoms with Gasteiger partial charge in [0.25, 0.3) is 0 Å². The average Bonchev–Trinajstić information content (AvgIpc) is 2.95. The SMILES string of the molecule is CC1(C)OB(C(F)=C2CC(c3cc4cc(Br)cnc4[nH]3)C2)OC1(C)C. The van der Waals surface area contributed by atoms with Gasteiger partial charge >= 0.3 is 7.12 Å². The Morgan fingerprint density at radius 2 is 1.88 bits per heavy atom. The summed E-state index contributed by atoms with van der Waals surface area (Å²) < 4.78 is 27.4. The van der Waals surface area contributed by atoms with Crippen LogP contribution in [-0.4, -0.2) is 28.3 Å². The smallest absolute Gasteiger partial charge is 0.398 e. The Hall–Kier alpha value is -1.18. The lowest BCUT2D eigenvalue weighted by molar-refractivity contribution is 0.00578. The number of nitrogens with one attached hydrogen (secondary N) is 1. The fourth-order valence-corrected chi connectivity index (χ4v) is 3.64. The molecule has 0 aromatic carbocycles. The molecule has 0 spiro atoms. The minimum atomic E-state index is -0.888. The third kappa shape index (κ3) is 2.86. The zero-order valence-electron chi connectivity index (χ0n) is 14.8. The molecule has 132 valence electrons. The number of allylic oxidation sites excluding steroid dienone is 1. The lowest BCUT2D eigenvalue weighted by atomic mass is 9.71. The number of hydrogen-bond acceptors (Lipinski definition) is 3. The van der Waals surface area contributed by atoms with Gasteiger partial charge in [0, 0.05) is 27.7 Å². The van der Waals surface area contributed by atoms with Crippen molar-refractivity contribution in [2.75, 3.05) is 0 Å². The van der Waals surface area contributed by atoms with Gasteiger partial charge in [0.05, 0.1) is 11.2 Å². The highest BCUT2D eigenvalue weighted by atomic mass is 79.9. The molecule has 0 atom stereocenters. The maximum absolute atomic E-state index is 14.8. The first kappa shape index (κ1) is 17.2. The predicted octanol–water partition coefficient (Wildman–Crippen LogP) is 5.06. The van der Waals surface area contributed by atoms with Crippen LogP contribution in [0, 0.1) is 0 Å². The van der Waals surface area contributed by atoms with Crippen molar-refractivity contribution in [1.82, 2.24) is 9.97 Å². The zero-order valence-corrected chi connectivity index (χ0v) is 16.4. The lowest BCUT2D eigenvalue weighted by Crippen LogP contribution is -2.41.